The van der Waals surface area contributed by atoms with Crippen LogP contribution in [0.15, 0.2) is 55.1 Å². The number of carbonyl (C=O) groups excluding carboxylic acids is 1. The molecule has 40 heavy (non-hydrogen) atoms. The number of aliphatic carboxylic acids is 2. The molecule has 4 rings (SSSR count). The van der Waals surface area contributed by atoms with Gasteiger partial charge in [0.2, 0.25) is 11.9 Å². The van der Waals surface area contributed by atoms with Crippen LogP contribution in [0.1, 0.15) is 23.9 Å². The number of halogens is 6. The number of carboxylic acids is 2. The standard InChI is InChI=1S/C18H19N7O.2C2HF3O2/c26-17(22-11-14-4-1-2-6-19-14)10-16-13-24(18-20-7-3-8-21-18)12-15-5-9-23-25(15)16;2*3-2(4,5)1(6)7/h1-9,16H,10-13H2,(H,22,26);2*(H,6,7). The van der Waals surface area contributed by atoms with Crippen molar-refractivity contribution in [2.45, 2.75) is 37.9 Å². The van der Waals surface area contributed by atoms with Crippen molar-refractivity contribution in [3.63, 3.8) is 0 Å². The number of hydrogen-bond acceptors (Lipinski definition) is 8. The summed E-state index contributed by atoms with van der Waals surface area (Å²) >= 11 is 0. The van der Waals surface area contributed by atoms with Crippen LogP contribution in [-0.2, 0) is 27.5 Å². The second kappa shape index (κ2) is 13.9. The van der Waals surface area contributed by atoms with E-state index < -0.39 is 24.3 Å². The quantitative estimate of drug-likeness (QED) is 0.384. The fourth-order valence-electron chi connectivity index (χ4n) is 3.12. The van der Waals surface area contributed by atoms with Crippen LogP contribution >= 0.6 is 0 Å². The minimum atomic E-state index is -5.08. The average Bonchev–Trinajstić information content (AvgIpc) is 3.37. The molecule has 1 unspecified atom stereocenters. The summed E-state index contributed by atoms with van der Waals surface area (Å²) < 4.78 is 65.4. The first-order valence-electron chi connectivity index (χ1n) is 11.0. The Kier molecular flexibility index (Phi) is 10.9. The molecule has 0 saturated heterocycles. The Hall–Kier alpha value is -4.77. The van der Waals surface area contributed by atoms with Crippen LogP contribution in [0.25, 0.3) is 0 Å². The number of fused-ring (bicyclic) bond motifs is 1. The van der Waals surface area contributed by atoms with Crippen molar-refractivity contribution in [3.8, 4) is 0 Å². The van der Waals surface area contributed by atoms with Crippen LogP contribution in [0.5, 0.6) is 0 Å². The lowest BCUT2D eigenvalue weighted by Crippen LogP contribution is -2.40. The highest BCUT2D eigenvalue weighted by atomic mass is 19.4. The maximum Gasteiger partial charge on any atom is 0.490 e. The van der Waals surface area contributed by atoms with Crippen LogP contribution in [-0.4, -0.2) is 71.7 Å². The molecular weight excluding hydrogens is 556 g/mol. The Bertz CT molecular complexity index is 1230. The van der Waals surface area contributed by atoms with Gasteiger partial charge in [-0.15, -0.1) is 0 Å². The zero-order chi connectivity index (χ0) is 29.9. The second-order valence-electron chi connectivity index (χ2n) is 7.76. The van der Waals surface area contributed by atoms with E-state index in [0.29, 0.717) is 32.0 Å². The number of rotatable bonds is 5. The van der Waals surface area contributed by atoms with Gasteiger partial charge < -0.3 is 20.4 Å². The van der Waals surface area contributed by atoms with E-state index in [1.165, 1.54) is 0 Å². The van der Waals surface area contributed by atoms with Gasteiger partial charge in [-0.1, -0.05) is 6.07 Å². The average molecular weight is 577 g/mol. The third-order valence-corrected chi connectivity index (χ3v) is 4.82. The number of carboxylic acid groups (broad SMARTS) is 2. The third kappa shape index (κ3) is 10.2. The zero-order valence-electron chi connectivity index (χ0n) is 20.2. The van der Waals surface area contributed by atoms with Crippen molar-refractivity contribution < 1.29 is 50.9 Å². The van der Waals surface area contributed by atoms with Gasteiger partial charge in [0.25, 0.3) is 0 Å². The van der Waals surface area contributed by atoms with E-state index in [0.717, 1.165) is 11.4 Å². The van der Waals surface area contributed by atoms with Crippen molar-refractivity contribution in [2.75, 3.05) is 11.4 Å². The smallest absolute Gasteiger partial charge is 0.475 e. The van der Waals surface area contributed by atoms with Crippen LogP contribution < -0.4 is 10.2 Å². The Labute approximate surface area is 221 Å². The van der Waals surface area contributed by atoms with Crippen LogP contribution in [0.3, 0.4) is 0 Å². The highest BCUT2D eigenvalue weighted by Crippen LogP contribution is 2.25. The van der Waals surface area contributed by atoms with Crippen molar-refractivity contribution in [1.29, 1.82) is 0 Å². The van der Waals surface area contributed by atoms with Crippen LogP contribution in [0, 0.1) is 0 Å². The Morgan fingerprint density at radius 1 is 0.875 bits per heavy atom. The van der Waals surface area contributed by atoms with Crippen LogP contribution in [0.2, 0.25) is 0 Å². The molecule has 3 N–H and O–H groups in total. The van der Waals surface area contributed by atoms with E-state index in [2.05, 4.69) is 30.3 Å². The molecule has 4 heterocycles. The minimum Gasteiger partial charge on any atom is -0.475 e. The highest BCUT2D eigenvalue weighted by Gasteiger charge is 2.39. The largest absolute Gasteiger partial charge is 0.490 e. The maximum absolute atomic E-state index is 12.4. The zero-order valence-corrected chi connectivity index (χ0v) is 20.2. The van der Waals surface area contributed by atoms with E-state index in [9.17, 15) is 31.1 Å². The minimum absolute atomic E-state index is 0.0297. The Balaban J connectivity index is 0.000000333. The molecule has 1 aliphatic rings. The van der Waals surface area contributed by atoms with E-state index >= 15 is 0 Å². The summed E-state index contributed by atoms with van der Waals surface area (Å²) in [6.07, 6.45) is -2.89. The Morgan fingerprint density at radius 2 is 1.45 bits per heavy atom. The van der Waals surface area contributed by atoms with Gasteiger partial charge in [0, 0.05) is 31.3 Å². The van der Waals surface area contributed by atoms with Crippen molar-refractivity contribution >= 4 is 23.8 Å². The first-order valence-corrected chi connectivity index (χ1v) is 11.0. The molecule has 3 aromatic heterocycles. The molecule has 1 aliphatic heterocycles. The molecule has 0 aromatic carbocycles. The SMILES string of the molecule is O=C(CC1CN(c2ncccn2)Cc2ccnn21)NCc1ccccn1.O=C(O)C(F)(F)F.O=C(O)C(F)(F)F. The number of anilines is 1. The molecule has 18 heteroatoms. The number of hydrogen-bond donors (Lipinski definition) is 3. The number of amides is 1. The summed E-state index contributed by atoms with van der Waals surface area (Å²) in [6.45, 7) is 1.73. The summed E-state index contributed by atoms with van der Waals surface area (Å²) in [5.74, 6) is -4.88. The predicted octanol–water partition coefficient (Wildman–Crippen LogP) is 2.60. The van der Waals surface area contributed by atoms with Gasteiger partial charge in [-0.2, -0.15) is 31.4 Å². The highest BCUT2D eigenvalue weighted by molar-refractivity contribution is 5.76. The lowest BCUT2D eigenvalue weighted by atomic mass is 10.1. The van der Waals surface area contributed by atoms with Crippen molar-refractivity contribution in [3.05, 3.63) is 66.5 Å². The second-order valence-corrected chi connectivity index (χ2v) is 7.76. The topological polar surface area (TPSA) is 163 Å². The van der Waals surface area contributed by atoms with Gasteiger partial charge in [-0.3, -0.25) is 14.5 Å². The molecule has 3 aromatic rings. The molecule has 1 amide bonds. The molecular formula is C22H21F6N7O5. The van der Waals surface area contributed by atoms with E-state index in [4.69, 9.17) is 19.8 Å². The van der Waals surface area contributed by atoms with Gasteiger partial charge in [0.1, 0.15) is 0 Å². The normalized spacial score (nSPS) is 14.4. The Morgan fingerprint density at radius 3 is 1.98 bits per heavy atom. The molecule has 0 radical (unpaired) electrons. The maximum atomic E-state index is 12.4. The lowest BCUT2D eigenvalue weighted by molar-refractivity contribution is -0.193. The first kappa shape index (κ1) is 31.4. The fraction of sp³-hybridized carbons (Fsp3) is 0.318. The summed E-state index contributed by atoms with van der Waals surface area (Å²) in [6, 6.07) is 9.34. The number of nitrogens with zero attached hydrogens (tertiary/aromatic N) is 6. The summed E-state index contributed by atoms with van der Waals surface area (Å²) in [5, 5.41) is 21.6. The molecule has 0 spiro atoms. The predicted molar refractivity (Wildman–Crippen MR) is 122 cm³/mol. The summed E-state index contributed by atoms with van der Waals surface area (Å²) in [7, 11) is 0. The van der Waals surface area contributed by atoms with Gasteiger partial charge in [0.05, 0.1) is 36.9 Å². The molecule has 0 saturated carbocycles. The summed E-state index contributed by atoms with van der Waals surface area (Å²) in [5.41, 5.74) is 1.88. The third-order valence-electron chi connectivity index (χ3n) is 4.82. The number of carbonyl (C=O) groups is 3. The van der Waals surface area contributed by atoms with Gasteiger partial charge >= 0.3 is 24.3 Å². The lowest BCUT2D eigenvalue weighted by Gasteiger charge is -2.33. The molecule has 1 atom stereocenters. The number of nitrogens with one attached hydrogen (secondary N) is 1. The van der Waals surface area contributed by atoms with Crippen LogP contribution in [0.4, 0.5) is 32.3 Å². The van der Waals surface area contributed by atoms with Gasteiger partial charge in [0.15, 0.2) is 0 Å². The number of alkyl halides is 6. The summed E-state index contributed by atoms with van der Waals surface area (Å²) in [4.78, 5) is 45.2. The number of aromatic nitrogens is 5. The van der Waals surface area contributed by atoms with E-state index in [1.807, 2.05) is 28.9 Å². The monoisotopic (exact) mass is 577 g/mol. The van der Waals surface area contributed by atoms with Crippen molar-refractivity contribution in [2.24, 2.45) is 0 Å². The van der Waals surface area contributed by atoms with E-state index in [1.54, 1.807) is 30.9 Å². The molecule has 216 valence electrons. The van der Waals surface area contributed by atoms with Crippen molar-refractivity contribution in [1.82, 2.24) is 30.0 Å². The first-order chi connectivity index (χ1) is 18.7. The molecule has 0 bridgehead atoms. The molecule has 0 aliphatic carbocycles. The molecule has 0 fully saturated rings. The number of pyridine rings is 1. The van der Waals surface area contributed by atoms with Gasteiger partial charge in [-0.05, 0) is 24.3 Å². The van der Waals surface area contributed by atoms with E-state index in [-0.39, 0.29) is 11.9 Å². The fourth-order valence-corrected chi connectivity index (χ4v) is 3.12. The molecule has 12 nitrogen and oxygen atoms in total. The van der Waals surface area contributed by atoms with Gasteiger partial charge in [-0.25, -0.2) is 19.6 Å².